The van der Waals surface area contributed by atoms with E-state index in [1.54, 1.807) is 0 Å². The summed E-state index contributed by atoms with van der Waals surface area (Å²) in [5, 5.41) is 0. The Bertz CT molecular complexity index is 54.4. The second-order valence-corrected chi connectivity index (χ2v) is 3.02. The standard InChI is InChI=1S/C5H12.C4H10.C4H8.2C2H6.10CH4/c1-3-5-4-2;2*1-3-4-2;2*1-2;;;;;;;;;;/h3-5H2,1-2H3;3-4H2,1-2H3;3-4H,1-2H3;2*1-2H3;10*1H4. The maximum atomic E-state index is 2.21. The molecule has 0 atom stereocenters. The van der Waals surface area contributed by atoms with Crippen LogP contribution in [0.4, 0.5) is 0 Å². The largest absolute Gasteiger partial charge is 0.0919 e. The van der Waals surface area contributed by atoms with Crippen LogP contribution in [0.15, 0.2) is 12.2 Å². The number of hydrogen-bond acceptors (Lipinski definition) is 0. The highest BCUT2D eigenvalue weighted by molar-refractivity contribution is 4.68. The van der Waals surface area contributed by atoms with Gasteiger partial charge in [-0.3, -0.25) is 0 Å². The van der Waals surface area contributed by atoms with Crippen molar-refractivity contribution in [3.63, 3.8) is 0 Å². The third-order valence-electron chi connectivity index (χ3n) is 1.54. The van der Waals surface area contributed by atoms with Gasteiger partial charge in [-0.25, -0.2) is 0 Å². The molecule has 0 nitrogen and oxygen atoms in total. The minimum Gasteiger partial charge on any atom is -0.0919 e. The van der Waals surface area contributed by atoms with E-state index < -0.39 is 0 Å². The number of unbranched alkanes of at least 4 members (excludes halogenated alkanes) is 3. The van der Waals surface area contributed by atoms with E-state index in [2.05, 4.69) is 27.7 Å². The van der Waals surface area contributed by atoms with E-state index in [9.17, 15) is 0 Å². The van der Waals surface area contributed by atoms with Crippen LogP contribution in [-0.4, -0.2) is 0 Å². The first-order valence-corrected chi connectivity index (χ1v) is 7.82. The van der Waals surface area contributed by atoms with Crippen LogP contribution < -0.4 is 0 Å². The van der Waals surface area contributed by atoms with Crippen LogP contribution >= 0.6 is 0 Å². The zero-order chi connectivity index (χ0) is 14.9. The fourth-order valence-electron chi connectivity index (χ4n) is 0.354. The maximum absolute atomic E-state index is 2.21. The zero-order valence-electron chi connectivity index (χ0n) is 14.7. The SMILES string of the molecule is C.C.C.C.C.C.C.C.C.C.CC.CC.CC=CC.CCCC.CCCCC. The molecular formula is C27H82. The van der Waals surface area contributed by atoms with Crippen molar-refractivity contribution < 1.29 is 0 Å². The summed E-state index contributed by atoms with van der Waals surface area (Å²) in [7, 11) is 0. The van der Waals surface area contributed by atoms with Crippen molar-refractivity contribution >= 4 is 0 Å². The topological polar surface area (TPSA) is 0 Å². The lowest BCUT2D eigenvalue weighted by Gasteiger charge is -1.79. The van der Waals surface area contributed by atoms with E-state index in [0.717, 1.165) is 0 Å². The van der Waals surface area contributed by atoms with E-state index in [0.29, 0.717) is 0 Å². The second-order valence-electron chi connectivity index (χ2n) is 3.02. The van der Waals surface area contributed by atoms with Crippen molar-refractivity contribution in [1.82, 2.24) is 0 Å². The molecule has 0 aliphatic carbocycles. The Morgan fingerprint density at radius 2 is 0.519 bits per heavy atom. The number of rotatable bonds is 3. The highest BCUT2D eigenvalue weighted by Gasteiger charge is 1.68. The quantitative estimate of drug-likeness (QED) is 0.408. The molecule has 27 heavy (non-hydrogen) atoms. The molecule has 0 rings (SSSR count). The third-order valence-corrected chi connectivity index (χ3v) is 1.54. The van der Waals surface area contributed by atoms with E-state index in [4.69, 9.17) is 0 Å². The van der Waals surface area contributed by atoms with Crippen LogP contribution in [0.2, 0.25) is 0 Å². The molecule has 0 spiro atoms. The highest BCUT2D eigenvalue weighted by Crippen LogP contribution is 1.88. The number of allylic oxidation sites excluding steroid dienone is 2. The minimum atomic E-state index is 0. The number of hydrogen-bond donors (Lipinski definition) is 0. The molecule has 0 aromatic carbocycles. The monoisotopic (exact) mass is 407 g/mol. The van der Waals surface area contributed by atoms with Crippen LogP contribution in [0.3, 0.4) is 0 Å². The van der Waals surface area contributed by atoms with Gasteiger partial charge in [0.05, 0.1) is 0 Å². The van der Waals surface area contributed by atoms with E-state index in [-0.39, 0.29) is 74.3 Å². The normalized spacial score (nSPS) is 4.52. The molecular weight excluding hydrogens is 324 g/mol. The van der Waals surface area contributed by atoms with Crippen molar-refractivity contribution in [3.05, 3.63) is 12.2 Å². The van der Waals surface area contributed by atoms with Crippen molar-refractivity contribution in [2.75, 3.05) is 0 Å². The van der Waals surface area contributed by atoms with Gasteiger partial charge in [-0.1, -0.05) is 174 Å². The van der Waals surface area contributed by atoms with Crippen molar-refractivity contribution in [2.45, 2.75) is 176 Å². The Balaban J connectivity index is -0.00000000482. The van der Waals surface area contributed by atoms with Crippen LogP contribution in [0.1, 0.15) is 176 Å². The highest BCUT2D eigenvalue weighted by atomic mass is 13.7. The average Bonchev–Trinajstić information content (AvgIpc) is 2.44. The Morgan fingerprint density at radius 1 is 0.370 bits per heavy atom. The van der Waals surface area contributed by atoms with Gasteiger partial charge in [0, 0.05) is 0 Å². The van der Waals surface area contributed by atoms with E-state index in [1.165, 1.54) is 32.1 Å². The van der Waals surface area contributed by atoms with Gasteiger partial charge in [0.2, 0.25) is 0 Å². The van der Waals surface area contributed by atoms with Crippen molar-refractivity contribution in [2.24, 2.45) is 0 Å². The van der Waals surface area contributed by atoms with Crippen molar-refractivity contribution in [3.8, 4) is 0 Å². The van der Waals surface area contributed by atoms with Gasteiger partial charge in [-0.05, 0) is 13.8 Å². The summed E-state index contributed by atoms with van der Waals surface area (Å²) in [4.78, 5) is 0. The summed E-state index contributed by atoms with van der Waals surface area (Å²) in [6.07, 6.45) is 10.7. The predicted octanol–water partition coefficient (Wildman–Crippen LogP) is 14.0. The fourth-order valence-corrected chi connectivity index (χ4v) is 0.354. The molecule has 0 saturated heterocycles. The molecule has 0 bridgehead atoms. The van der Waals surface area contributed by atoms with Gasteiger partial charge in [0.15, 0.2) is 0 Å². The van der Waals surface area contributed by atoms with Gasteiger partial charge in [-0.2, -0.15) is 0 Å². The molecule has 0 aliphatic rings. The molecule has 0 aromatic heterocycles. The van der Waals surface area contributed by atoms with Crippen LogP contribution in [0.5, 0.6) is 0 Å². The summed E-state index contributed by atoms with van der Waals surface area (Å²) in [5.41, 5.74) is 0. The first-order valence-electron chi connectivity index (χ1n) is 7.82. The van der Waals surface area contributed by atoms with Crippen LogP contribution in [-0.2, 0) is 0 Å². The third kappa shape index (κ3) is 1040. The molecule has 0 fully saturated rings. The average molecular weight is 407 g/mol. The summed E-state index contributed by atoms with van der Waals surface area (Å²) < 4.78 is 0. The lowest BCUT2D eigenvalue weighted by Crippen LogP contribution is -1.59. The molecule has 0 heteroatoms. The van der Waals surface area contributed by atoms with E-state index >= 15 is 0 Å². The Kier molecular flexibility index (Phi) is 1650. The molecule has 190 valence electrons. The summed E-state index contributed by atoms with van der Waals surface area (Å²) in [6.45, 7) is 20.8. The summed E-state index contributed by atoms with van der Waals surface area (Å²) >= 11 is 0. The summed E-state index contributed by atoms with van der Waals surface area (Å²) in [6, 6.07) is 0. The zero-order valence-corrected chi connectivity index (χ0v) is 14.7. The molecule has 0 aromatic rings. The first kappa shape index (κ1) is 129. The Labute approximate surface area is 188 Å². The molecule has 0 unspecified atom stereocenters. The molecule has 0 saturated carbocycles. The van der Waals surface area contributed by atoms with Gasteiger partial charge < -0.3 is 0 Å². The molecule has 0 aliphatic heterocycles. The van der Waals surface area contributed by atoms with Crippen molar-refractivity contribution in [1.29, 1.82) is 0 Å². The molecule has 0 N–H and O–H groups in total. The minimum absolute atomic E-state index is 0. The first-order chi connectivity index (χ1) is 8.24. The maximum Gasteiger partial charge on any atom is -0.0470 e. The second kappa shape index (κ2) is 347. The fraction of sp³-hybridized carbons (Fsp3) is 0.926. The smallest absolute Gasteiger partial charge is 0.0470 e. The van der Waals surface area contributed by atoms with Gasteiger partial charge in [0.1, 0.15) is 0 Å². The van der Waals surface area contributed by atoms with Gasteiger partial charge in [0.25, 0.3) is 0 Å². The predicted molar refractivity (Wildman–Crippen MR) is 156 cm³/mol. The Hall–Kier alpha value is -0.260. The van der Waals surface area contributed by atoms with Crippen LogP contribution in [0.25, 0.3) is 0 Å². The van der Waals surface area contributed by atoms with Gasteiger partial charge in [-0.15, -0.1) is 0 Å². The van der Waals surface area contributed by atoms with E-state index in [1.807, 2.05) is 53.7 Å². The summed E-state index contributed by atoms with van der Waals surface area (Å²) in [5.74, 6) is 0. The lowest BCUT2D eigenvalue weighted by molar-refractivity contribution is 0.772. The molecule has 0 amide bonds. The molecule has 0 radical (unpaired) electrons. The molecule has 0 heterocycles. The Morgan fingerprint density at radius 3 is 0.519 bits per heavy atom. The van der Waals surface area contributed by atoms with Crippen LogP contribution in [0, 0.1) is 0 Å². The lowest BCUT2D eigenvalue weighted by atomic mass is 10.3. The van der Waals surface area contributed by atoms with Gasteiger partial charge >= 0.3 is 0 Å².